The van der Waals surface area contributed by atoms with Gasteiger partial charge in [-0.1, -0.05) is 58.6 Å². The van der Waals surface area contributed by atoms with Crippen molar-refractivity contribution in [1.82, 2.24) is 0 Å². The highest BCUT2D eigenvalue weighted by molar-refractivity contribution is 5.91. The number of hydrogen-bond donors (Lipinski definition) is 0. The molecule has 0 aliphatic rings. The van der Waals surface area contributed by atoms with Crippen LogP contribution in [0.4, 0.5) is 0 Å². The van der Waals surface area contributed by atoms with Crippen LogP contribution in [0.2, 0.25) is 0 Å². The van der Waals surface area contributed by atoms with Gasteiger partial charge in [0.25, 0.3) is 0 Å². The van der Waals surface area contributed by atoms with Gasteiger partial charge >= 0.3 is 5.97 Å². The Bertz CT molecular complexity index is 657. The smallest absolute Gasteiger partial charge is 0.343 e. The summed E-state index contributed by atoms with van der Waals surface area (Å²) in [5.41, 5.74) is 1.74. The Morgan fingerprint density at radius 2 is 1.46 bits per heavy atom. The first-order valence-corrected chi connectivity index (χ1v) is 9.65. The third kappa shape index (κ3) is 6.55. The minimum Gasteiger partial charge on any atom is -0.494 e. The number of ether oxygens (including phenoxy) is 2. The second-order valence-corrected chi connectivity index (χ2v) is 6.90. The van der Waals surface area contributed by atoms with Crippen molar-refractivity contribution < 1.29 is 14.3 Å². The van der Waals surface area contributed by atoms with E-state index in [-0.39, 0.29) is 5.97 Å². The molecule has 2 aromatic rings. The topological polar surface area (TPSA) is 35.5 Å². The Morgan fingerprint density at radius 1 is 0.846 bits per heavy atom. The summed E-state index contributed by atoms with van der Waals surface area (Å²) in [6.07, 6.45) is 6.07. The summed E-state index contributed by atoms with van der Waals surface area (Å²) in [6, 6.07) is 14.8. The highest BCUT2D eigenvalue weighted by atomic mass is 16.5. The molecule has 0 radical (unpaired) electrons. The van der Waals surface area contributed by atoms with E-state index in [9.17, 15) is 4.79 Å². The van der Waals surface area contributed by atoms with Crippen LogP contribution in [0.15, 0.2) is 48.5 Å². The molecule has 0 saturated heterocycles. The zero-order chi connectivity index (χ0) is 18.8. The van der Waals surface area contributed by atoms with Crippen molar-refractivity contribution in [1.29, 1.82) is 0 Å². The average molecular weight is 354 g/mol. The van der Waals surface area contributed by atoms with E-state index < -0.39 is 0 Å². The van der Waals surface area contributed by atoms with Crippen LogP contribution >= 0.6 is 0 Å². The van der Waals surface area contributed by atoms with Crippen molar-refractivity contribution in [2.45, 2.75) is 58.8 Å². The summed E-state index contributed by atoms with van der Waals surface area (Å²) in [7, 11) is 0. The van der Waals surface area contributed by atoms with Gasteiger partial charge in [0.1, 0.15) is 11.5 Å². The summed E-state index contributed by atoms with van der Waals surface area (Å²) < 4.78 is 11.2. The van der Waals surface area contributed by atoms with E-state index in [0.29, 0.717) is 17.2 Å². The number of carbonyl (C=O) groups is 1. The van der Waals surface area contributed by atoms with Crippen LogP contribution < -0.4 is 9.47 Å². The molecule has 0 aromatic heterocycles. The lowest BCUT2D eigenvalue weighted by Crippen LogP contribution is -2.08. The molecule has 0 bridgehead atoms. The monoisotopic (exact) mass is 354 g/mol. The first kappa shape index (κ1) is 20.0. The van der Waals surface area contributed by atoms with Crippen LogP contribution in [-0.4, -0.2) is 12.6 Å². The normalized spacial score (nSPS) is 10.8. The Hall–Kier alpha value is -2.29. The number of benzene rings is 2. The molecular weight excluding hydrogens is 324 g/mol. The summed E-state index contributed by atoms with van der Waals surface area (Å²) in [4.78, 5) is 12.2. The van der Waals surface area contributed by atoms with E-state index in [1.807, 2.05) is 36.4 Å². The maximum atomic E-state index is 12.2. The van der Waals surface area contributed by atoms with Crippen molar-refractivity contribution in [2.24, 2.45) is 0 Å². The summed E-state index contributed by atoms with van der Waals surface area (Å²) in [5.74, 6) is 1.46. The molecule has 3 nitrogen and oxygen atoms in total. The second-order valence-electron chi connectivity index (χ2n) is 6.90. The molecule has 26 heavy (non-hydrogen) atoms. The average Bonchev–Trinajstić information content (AvgIpc) is 2.65. The Kier molecular flexibility index (Phi) is 8.20. The van der Waals surface area contributed by atoms with Crippen molar-refractivity contribution >= 4 is 5.97 Å². The van der Waals surface area contributed by atoms with Crippen LogP contribution in [0.25, 0.3) is 0 Å². The molecule has 0 aliphatic heterocycles. The molecule has 0 N–H and O–H groups in total. The number of unbranched alkanes of at least 4 members (excludes halogenated alkanes) is 4. The number of rotatable bonds is 10. The molecular formula is C23H30O3. The second kappa shape index (κ2) is 10.6. The van der Waals surface area contributed by atoms with Gasteiger partial charge in [0.05, 0.1) is 12.2 Å². The van der Waals surface area contributed by atoms with Crippen LogP contribution in [0.3, 0.4) is 0 Å². The van der Waals surface area contributed by atoms with E-state index in [0.717, 1.165) is 18.8 Å². The number of hydrogen-bond acceptors (Lipinski definition) is 3. The van der Waals surface area contributed by atoms with Gasteiger partial charge in [-0.25, -0.2) is 4.79 Å². The van der Waals surface area contributed by atoms with Crippen molar-refractivity contribution in [2.75, 3.05) is 6.61 Å². The molecule has 2 rings (SSSR count). The lowest BCUT2D eigenvalue weighted by molar-refractivity contribution is 0.0734. The molecule has 140 valence electrons. The predicted molar refractivity (Wildman–Crippen MR) is 106 cm³/mol. The van der Waals surface area contributed by atoms with Gasteiger partial charge in [-0.2, -0.15) is 0 Å². The molecule has 3 heteroatoms. The minimum absolute atomic E-state index is 0.353. The van der Waals surface area contributed by atoms with E-state index in [2.05, 4.69) is 20.8 Å². The maximum absolute atomic E-state index is 12.2. The third-order valence-electron chi connectivity index (χ3n) is 4.36. The van der Waals surface area contributed by atoms with Gasteiger partial charge in [-0.15, -0.1) is 0 Å². The van der Waals surface area contributed by atoms with Gasteiger partial charge in [0.15, 0.2) is 0 Å². The van der Waals surface area contributed by atoms with Gasteiger partial charge in [0, 0.05) is 0 Å². The summed E-state index contributed by atoms with van der Waals surface area (Å²) >= 11 is 0. The quantitative estimate of drug-likeness (QED) is 0.282. The molecule has 0 fully saturated rings. The van der Waals surface area contributed by atoms with Gasteiger partial charge in [-0.05, 0) is 54.3 Å². The Balaban J connectivity index is 1.80. The minimum atomic E-state index is -0.353. The zero-order valence-corrected chi connectivity index (χ0v) is 16.2. The van der Waals surface area contributed by atoms with Gasteiger partial charge in [0.2, 0.25) is 0 Å². The van der Waals surface area contributed by atoms with E-state index >= 15 is 0 Å². The largest absolute Gasteiger partial charge is 0.494 e. The lowest BCUT2D eigenvalue weighted by Gasteiger charge is -2.09. The van der Waals surface area contributed by atoms with Crippen molar-refractivity contribution in [3.63, 3.8) is 0 Å². The van der Waals surface area contributed by atoms with Gasteiger partial charge < -0.3 is 9.47 Å². The van der Waals surface area contributed by atoms with Crippen molar-refractivity contribution in [3.8, 4) is 11.5 Å². The Labute approximate surface area is 157 Å². The molecule has 0 unspecified atom stereocenters. The van der Waals surface area contributed by atoms with Crippen LogP contribution in [0.5, 0.6) is 11.5 Å². The fourth-order valence-electron chi connectivity index (χ4n) is 2.67. The summed E-state index contributed by atoms with van der Waals surface area (Å²) in [6.45, 7) is 7.20. The molecule has 0 saturated carbocycles. The van der Waals surface area contributed by atoms with E-state index in [4.69, 9.17) is 9.47 Å². The zero-order valence-electron chi connectivity index (χ0n) is 16.2. The van der Waals surface area contributed by atoms with Crippen molar-refractivity contribution in [3.05, 3.63) is 59.7 Å². The lowest BCUT2D eigenvalue weighted by atomic mass is 10.0. The number of carbonyl (C=O) groups excluding carboxylic acids is 1. The molecule has 0 aliphatic carbocycles. The SMILES string of the molecule is CCCCCCCOc1ccc(C(=O)Oc2ccc(C(C)C)cc2)cc1. The van der Waals surface area contributed by atoms with Crippen LogP contribution in [0.1, 0.15) is 74.7 Å². The fraction of sp³-hybridized carbons (Fsp3) is 0.435. The molecule has 0 amide bonds. The van der Waals surface area contributed by atoms with Gasteiger partial charge in [-0.3, -0.25) is 0 Å². The molecule has 0 atom stereocenters. The third-order valence-corrected chi connectivity index (χ3v) is 4.36. The highest BCUT2D eigenvalue weighted by Crippen LogP contribution is 2.20. The molecule has 2 aromatic carbocycles. The predicted octanol–water partition coefficient (Wildman–Crippen LogP) is 6.38. The molecule has 0 spiro atoms. The maximum Gasteiger partial charge on any atom is 0.343 e. The first-order chi connectivity index (χ1) is 12.6. The first-order valence-electron chi connectivity index (χ1n) is 9.65. The van der Waals surface area contributed by atoms with Crippen LogP contribution in [-0.2, 0) is 0 Å². The standard InChI is InChI=1S/C23H30O3/c1-4-5-6-7-8-17-25-21-13-11-20(12-14-21)23(24)26-22-15-9-19(10-16-22)18(2)3/h9-16,18H,4-8,17H2,1-3H3. The Morgan fingerprint density at radius 3 is 2.08 bits per heavy atom. The number of esters is 1. The highest BCUT2D eigenvalue weighted by Gasteiger charge is 2.09. The fourth-order valence-corrected chi connectivity index (χ4v) is 2.67. The van der Waals surface area contributed by atoms with Crippen LogP contribution in [0, 0.1) is 0 Å². The van der Waals surface area contributed by atoms with E-state index in [1.165, 1.54) is 31.2 Å². The summed E-state index contributed by atoms with van der Waals surface area (Å²) in [5, 5.41) is 0. The van der Waals surface area contributed by atoms with E-state index in [1.54, 1.807) is 12.1 Å². The molecule has 0 heterocycles.